The molecule has 0 unspecified atom stereocenters. The highest BCUT2D eigenvalue weighted by molar-refractivity contribution is 6.29. The van der Waals surface area contributed by atoms with Crippen LogP contribution in [0.15, 0.2) is 66.7 Å². The number of aromatic nitrogens is 4. The van der Waals surface area contributed by atoms with Gasteiger partial charge in [0.25, 0.3) is 0 Å². The van der Waals surface area contributed by atoms with Crippen molar-refractivity contribution >= 4 is 17.2 Å². The highest BCUT2D eigenvalue weighted by Gasteiger charge is 2.12. The Labute approximate surface area is 132 Å². The molecule has 0 atom stereocenters. The first-order valence-electron chi connectivity index (χ1n) is 6.85. The van der Waals surface area contributed by atoms with Gasteiger partial charge in [0.2, 0.25) is 0 Å². The zero-order valence-electron chi connectivity index (χ0n) is 11.5. The summed E-state index contributed by atoms with van der Waals surface area (Å²) in [7, 11) is 0. The maximum Gasteiger partial charge on any atom is 0.182 e. The van der Waals surface area contributed by atoms with Crippen LogP contribution in [0.4, 0.5) is 0 Å². The fraction of sp³-hybridized carbons (Fsp3) is 0. The number of nitrogens with zero attached hydrogens (tertiary/aromatic N) is 4. The van der Waals surface area contributed by atoms with E-state index in [0.29, 0.717) is 22.4 Å². The van der Waals surface area contributed by atoms with E-state index in [1.165, 1.54) is 0 Å². The third-order valence-electron chi connectivity index (χ3n) is 3.36. The van der Waals surface area contributed by atoms with Crippen LogP contribution in [0.3, 0.4) is 0 Å². The second kappa shape index (κ2) is 5.24. The van der Waals surface area contributed by atoms with Crippen LogP contribution in [0.1, 0.15) is 0 Å². The Bertz CT molecular complexity index is 933. The molecule has 0 amide bonds. The summed E-state index contributed by atoms with van der Waals surface area (Å²) in [6.07, 6.45) is 0. The van der Waals surface area contributed by atoms with Crippen LogP contribution in [0, 0.1) is 0 Å². The molecule has 2 heterocycles. The second-order valence-corrected chi connectivity index (χ2v) is 5.23. The largest absolute Gasteiger partial charge is 0.216 e. The topological polar surface area (TPSA) is 43.1 Å². The summed E-state index contributed by atoms with van der Waals surface area (Å²) in [4.78, 5) is 8.96. The first kappa shape index (κ1) is 13.0. The monoisotopic (exact) mass is 306 g/mol. The van der Waals surface area contributed by atoms with Gasteiger partial charge < -0.3 is 0 Å². The Morgan fingerprint density at radius 2 is 1.41 bits per heavy atom. The molecular formula is C17H11ClN4. The van der Waals surface area contributed by atoms with Gasteiger partial charge in [-0.15, -0.1) is 5.10 Å². The average Bonchev–Trinajstić information content (AvgIpc) is 2.99. The van der Waals surface area contributed by atoms with E-state index < -0.39 is 0 Å². The molecule has 0 saturated carbocycles. The third-order valence-corrected chi connectivity index (χ3v) is 3.55. The van der Waals surface area contributed by atoms with Gasteiger partial charge in [-0.3, -0.25) is 0 Å². The van der Waals surface area contributed by atoms with Gasteiger partial charge in [-0.2, -0.15) is 4.52 Å². The maximum atomic E-state index is 6.14. The van der Waals surface area contributed by atoms with Crippen molar-refractivity contribution < 1.29 is 0 Å². The highest BCUT2D eigenvalue weighted by atomic mass is 35.5. The quantitative estimate of drug-likeness (QED) is 0.523. The van der Waals surface area contributed by atoms with E-state index in [1.54, 1.807) is 10.6 Å². The summed E-state index contributed by atoms with van der Waals surface area (Å²) < 4.78 is 1.73. The standard InChI is InChI=1S/C17H11ClN4/c18-14-11-15-20-16(12-7-3-1-4-8-12)21-22(15)17(19-14)13-9-5-2-6-10-13/h1-11H. The Balaban J connectivity index is 1.97. The minimum absolute atomic E-state index is 0.401. The summed E-state index contributed by atoms with van der Waals surface area (Å²) >= 11 is 6.14. The minimum atomic E-state index is 0.401. The molecule has 0 aliphatic heterocycles. The summed E-state index contributed by atoms with van der Waals surface area (Å²) in [6, 6.07) is 21.4. The van der Waals surface area contributed by atoms with Gasteiger partial charge in [0, 0.05) is 17.2 Å². The normalized spacial score (nSPS) is 11.0. The maximum absolute atomic E-state index is 6.14. The molecule has 0 aliphatic carbocycles. The molecular weight excluding hydrogens is 296 g/mol. The SMILES string of the molecule is Clc1cc2nc(-c3ccccc3)nn2c(-c2ccccc2)n1. The molecule has 0 saturated heterocycles. The molecule has 0 aliphatic rings. The fourth-order valence-electron chi connectivity index (χ4n) is 2.34. The fourth-order valence-corrected chi connectivity index (χ4v) is 2.52. The van der Waals surface area contributed by atoms with E-state index in [9.17, 15) is 0 Å². The molecule has 4 nitrogen and oxygen atoms in total. The van der Waals surface area contributed by atoms with E-state index in [-0.39, 0.29) is 0 Å². The molecule has 4 aromatic rings. The molecule has 2 aromatic carbocycles. The van der Waals surface area contributed by atoms with Gasteiger partial charge in [0.1, 0.15) is 5.15 Å². The van der Waals surface area contributed by atoms with Crippen molar-refractivity contribution in [2.75, 3.05) is 0 Å². The van der Waals surface area contributed by atoms with Gasteiger partial charge in [0.05, 0.1) is 0 Å². The van der Waals surface area contributed by atoms with Crippen molar-refractivity contribution in [3.05, 3.63) is 71.9 Å². The molecule has 0 fully saturated rings. The Hall–Kier alpha value is -2.72. The van der Waals surface area contributed by atoms with Gasteiger partial charge in [0.15, 0.2) is 17.3 Å². The molecule has 0 N–H and O–H groups in total. The Morgan fingerprint density at radius 1 is 0.773 bits per heavy atom. The number of halogens is 1. The molecule has 0 radical (unpaired) electrons. The lowest BCUT2D eigenvalue weighted by molar-refractivity contribution is 0.937. The van der Waals surface area contributed by atoms with Crippen LogP contribution in [0.2, 0.25) is 5.15 Å². The predicted molar refractivity (Wildman–Crippen MR) is 86.7 cm³/mol. The van der Waals surface area contributed by atoms with Crippen LogP contribution in [0.25, 0.3) is 28.4 Å². The zero-order chi connectivity index (χ0) is 14.9. The third kappa shape index (κ3) is 2.23. The lowest BCUT2D eigenvalue weighted by Gasteiger charge is -2.03. The summed E-state index contributed by atoms with van der Waals surface area (Å²) in [5.74, 6) is 1.33. The van der Waals surface area contributed by atoms with E-state index in [4.69, 9.17) is 11.6 Å². The summed E-state index contributed by atoms with van der Waals surface area (Å²) in [5, 5.41) is 4.99. The van der Waals surface area contributed by atoms with Gasteiger partial charge >= 0.3 is 0 Å². The predicted octanol–water partition coefficient (Wildman–Crippen LogP) is 4.11. The lowest BCUT2D eigenvalue weighted by Crippen LogP contribution is -1.98. The van der Waals surface area contributed by atoms with E-state index >= 15 is 0 Å². The van der Waals surface area contributed by atoms with Crippen molar-refractivity contribution in [3.63, 3.8) is 0 Å². The van der Waals surface area contributed by atoms with Gasteiger partial charge in [-0.1, -0.05) is 72.3 Å². The van der Waals surface area contributed by atoms with Crippen LogP contribution >= 0.6 is 11.6 Å². The van der Waals surface area contributed by atoms with E-state index in [0.717, 1.165) is 11.1 Å². The first-order chi connectivity index (χ1) is 10.8. The molecule has 4 rings (SSSR count). The molecule has 22 heavy (non-hydrogen) atoms. The van der Waals surface area contributed by atoms with Crippen LogP contribution in [-0.4, -0.2) is 19.6 Å². The van der Waals surface area contributed by atoms with Crippen molar-refractivity contribution in [3.8, 4) is 22.8 Å². The molecule has 106 valence electrons. The van der Waals surface area contributed by atoms with Crippen LogP contribution in [0.5, 0.6) is 0 Å². The lowest BCUT2D eigenvalue weighted by atomic mass is 10.2. The molecule has 0 spiro atoms. The molecule has 2 aromatic heterocycles. The van der Waals surface area contributed by atoms with Crippen molar-refractivity contribution in [2.45, 2.75) is 0 Å². The van der Waals surface area contributed by atoms with Gasteiger partial charge in [-0.05, 0) is 0 Å². The minimum Gasteiger partial charge on any atom is -0.216 e. The number of fused-ring (bicyclic) bond motifs is 1. The van der Waals surface area contributed by atoms with Crippen molar-refractivity contribution in [1.29, 1.82) is 0 Å². The number of hydrogen-bond acceptors (Lipinski definition) is 3. The smallest absolute Gasteiger partial charge is 0.182 e. The number of benzene rings is 2. The summed E-state index contributed by atoms with van der Waals surface area (Å²) in [6.45, 7) is 0. The van der Waals surface area contributed by atoms with E-state index in [1.807, 2.05) is 60.7 Å². The second-order valence-electron chi connectivity index (χ2n) is 4.84. The number of hydrogen-bond donors (Lipinski definition) is 0. The zero-order valence-corrected chi connectivity index (χ0v) is 12.3. The van der Waals surface area contributed by atoms with Crippen molar-refractivity contribution in [1.82, 2.24) is 19.6 Å². The van der Waals surface area contributed by atoms with E-state index in [2.05, 4.69) is 15.1 Å². The average molecular weight is 307 g/mol. The first-order valence-corrected chi connectivity index (χ1v) is 7.23. The molecule has 0 bridgehead atoms. The van der Waals surface area contributed by atoms with Crippen LogP contribution in [-0.2, 0) is 0 Å². The van der Waals surface area contributed by atoms with Gasteiger partial charge in [-0.25, -0.2) is 9.97 Å². The summed E-state index contributed by atoms with van der Waals surface area (Å²) in [5.41, 5.74) is 2.58. The Morgan fingerprint density at radius 3 is 2.09 bits per heavy atom. The highest BCUT2D eigenvalue weighted by Crippen LogP contribution is 2.23. The van der Waals surface area contributed by atoms with Crippen LogP contribution < -0.4 is 0 Å². The Kier molecular flexibility index (Phi) is 3.09. The van der Waals surface area contributed by atoms with Crippen molar-refractivity contribution in [2.24, 2.45) is 0 Å². The number of rotatable bonds is 2. The molecule has 5 heteroatoms.